The van der Waals surface area contributed by atoms with Gasteiger partial charge in [-0.1, -0.05) is 23.2 Å². The number of esters is 1. The molecule has 5 nitrogen and oxygen atoms in total. The fourth-order valence-corrected chi connectivity index (χ4v) is 2.25. The van der Waals surface area contributed by atoms with Gasteiger partial charge in [-0.2, -0.15) is 0 Å². The zero-order valence-corrected chi connectivity index (χ0v) is 14.8. The Morgan fingerprint density at radius 2 is 1.40 bits per heavy atom. The molecule has 0 aliphatic carbocycles. The lowest BCUT2D eigenvalue weighted by Crippen LogP contribution is -2.34. The van der Waals surface area contributed by atoms with E-state index in [-0.39, 0.29) is 12.3 Å². The molecular weight excluding hydrogens is 365 g/mol. The summed E-state index contributed by atoms with van der Waals surface area (Å²) >= 11 is 11.5. The second-order valence-electron chi connectivity index (χ2n) is 5.19. The Bertz CT molecular complexity index is 773. The highest BCUT2D eigenvalue weighted by atomic mass is 35.5. The first-order chi connectivity index (χ1) is 11.9. The Balaban J connectivity index is 1.84. The summed E-state index contributed by atoms with van der Waals surface area (Å²) in [5.74, 6) is -1.50. The molecule has 1 atom stereocenters. The van der Waals surface area contributed by atoms with Gasteiger partial charge in [-0.25, -0.2) is 0 Å². The molecule has 0 spiro atoms. The van der Waals surface area contributed by atoms with Gasteiger partial charge in [-0.3, -0.25) is 14.4 Å². The van der Waals surface area contributed by atoms with Gasteiger partial charge in [0.2, 0.25) is 5.78 Å². The standard InChI is InChI=1S/C18H15Cl2NO4/c1-11(17(23)12-2-6-14(19)7-3-12)25-16(22)10-21-18(24)13-4-8-15(20)9-5-13/h2-9,11H,10H2,1H3,(H,21,24)/t11-/m0/s1. The van der Waals surface area contributed by atoms with Crippen molar-refractivity contribution in [2.75, 3.05) is 6.54 Å². The topological polar surface area (TPSA) is 72.5 Å². The van der Waals surface area contributed by atoms with Gasteiger partial charge in [0, 0.05) is 21.2 Å². The molecule has 0 saturated heterocycles. The van der Waals surface area contributed by atoms with Gasteiger partial charge in [0.15, 0.2) is 6.10 Å². The summed E-state index contributed by atoms with van der Waals surface area (Å²) in [6, 6.07) is 12.5. The van der Waals surface area contributed by atoms with Crippen molar-refractivity contribution in [3.8, 4) is 0 Å². The molecule has 0 fully saturated rings. The third kappa shape index (κ3) is 5.59. The predicted octanol–water partition coefficient (Wildman–Crippen LogP) is 3.54. The van der Waals surface area contributed by atoms with Crippen molar-refractivity contribution in [3.63, 3.8) is 0 Å². The van der Waals surface area contributed by atoms with Gasteiger partial charge in [0.05, 0.1) is 0 Å². The number of ether oxygens (including phenoxy) is 1. The number of nitrogens with one attached hydrogen (secondary N) is 1. The molecule has 25 heavy (non-hydrogen) atoms. The average molecular weight is 380 g/mol. The monoisotopic (exact) mass is 379 g/mol. The van der Waals surface area contributed by atoms with Gasteiger partial charge in [-0.05, 0) is 55.5 Å². The molecule has 1 N–H and O–H groups in total. The minimum absolute atomic E-state index is 0.348. The van der Waals surface area contributed by atoms with Crippen LogP contribution in [0.15, 0.2) is 48.5 Å². The molecule has 7 heteroatoms. The Labute approximate surface area is 154 Å². The van der Waals surface area contributed by atoms with E-state index in [2.05, 4.69) is 5.32 Å². The van der Waals surface area contributed by atoms with E-state index < -0.39 is 18.0 Å². The number of amides is 1. The summed E-state index contributed by atoms with van der Waals surface area (Å²) in [4.78, 5) is 35.9. The number of carbonyl (C=O) groups excluding carboxylic acids is 3. The summed E-state index contributed by atoms with van der Waals surface area (Å²) < 4.78 is 5.04. The molecule has 1 amide bonds. The zero-order chi connectivity index (χ0) is 18.4. The predicted molar refractivity (Wildman–Crippen MR) is 95.1 cm³/mol. The van der Waals surface area contributed by atoms with Crippen molar-refractivity contribution in [3.05, 3.63) is 69.7 Å². The summed E-state index contributed by atoms with van der Waals surface area (Å²) in [7, 11) is 0. The number of Topliss-reactive ketones (excluding diaryl/α,β-unsaturated/α-hetero) is 1. The normalized spacial score (nSPS) is 11.5. The molecule has 130 valence electrons. The maximum absolute atomic E-state index is 12.2. The number of benzene rings is 2. The van der Waals surface area contributed by atoms with Crippen LogP contribution >= 0.6 is 23.2 Å². The van der Waals surface area contributed by atoms with E-state index in [9.17, 15) is 14.4 Å². The molecule has 0 radical (unpaired) electrons. The average Bonchev–Trinajstić information content (AvgIpc) is 2.60. The van der Waals surface area contributed by atoms with Gasteiger partial charge < -0.3 is 10.1 Å². The highest BCUT2D eigenvalue weighted by molar-refractivity contribution is 6.31. The number of halogens is 2. The fourth-order valence-electron chi connectivity index (χ4n) is 2.00. The van der Waals surface area contributed by atoms with Gasteiger partial charge in [0.25, 0.3) is 5.91 Å². The minimum Gasteiger partial charge on any atom is -0.453 e. The third-order valence-corrected chi connectivity index (χ3v) is 3.81. The highest BCUT2D eigenvalue weighted by Gasteiger charge is 2.20. The van der Waals surface area contributed by atoms with E-state index in [1.165, 1.54) is 19.1 Å². The van der Waals surface area contributed by atoms with E-state index in [4.69, 9.17) is 27.9 Å². The zero-order valence-electron chi connectivity index (χ0n) is 13.3. The molecule has 0 aliphatic rings. The van der Waals surface area contributed by atoms with Crippen LogP contribution in [0.25, 0.3) is 0 Å². The maximum atomic E-state index is 12.2. The second-order valence-corrected chi connectivity index (χ2v) is 6.07. The summed E-state index contributed by atoms with van der Waals surface area (Å²) in [6.45, 7) is 1.12. The molecule has 2 aromatic rings. The first-order valence-electron chi connectivity index (χ1n) is 7.40. The van der Waals surface area contributed by atoms with Crippen LogP contribution in [0.1, 0.15) is 27.6 Å². The number of hydrogen-bond acceptors (Lipinski definition) is 4. The Morgan fingerprint density at radius 3 is 1.92 bits per heavy atom. The van der Waals surface area contributed by atoms with Crippen LogP contribution in [-0.2, 0) is 9.53 Å². The maximum Gasteiger partial charge on any atom is 0.326 e. The number of ketones is 1. The van der Waals surface area contributed by atoms with Crippen molar-refractivity contribution in [2.45, 2.75) is 13.0 Å². The number of hydrogen-bond donors (Lipinski definition) is 1. The Morgan fingerprint density at radius 1 is 0.920 bits per heavy atom. The van der Waals surface area contributed by atoms with Crippen molar-refractivity contribution in [2.24, 2.45) is 0 Å². The molecule has 0 aliphatic heterocycles. The van der Waals surface area contributed by atoms with Crippen LogP contribution in [-0.4, -0.2) is 30.3 Å². The van der Waals surface area contributed by atoms with Gasteiger partial charge in [0.1, 0.15) is 6.54 Å². The highest BCUT2D eigenvalue weighted by Crippen LogP contribution is 2.12. The molecule has 0 bridgehead atoms. The largest absolute Gasteiger partial charge is 0.453 e. The van der Waals surface area contributed by atoms with Crippen LogP contribution in [0.2, 0.25) is 10.0 Å². The molecule has 0 heterocycles. The molecular formula is C18H15Cl2NO4. The minimum atomic E-state index is -0.971. The fraction of sp³-hybridized carbons (Fsp3) is 0.167. The first kappa shape index (κ1) is 19.0. The van der Waals surface area contributed by atoms with Crippen LogP contribution in [0.3, 0.4) is 0 Å². The second kappa shape index (κ2) is 8.65. The summed E-state index contributed by atoms with van der Waals surface area (Å²) in [5.41, 5.74) is 0.748. The van der Waals surface area contributed by atoms with Crippen molar-refractivity contribution in [1.29, 1.82) is 0 Å². The Kier molecular flexibility index (Phi) is 6.56. The van der Waals surface area contributed by atoms with E-state index >= 15 is 0 Å². The van der Waals surface area contributed by atoms with Gasteiger partial charge in [-0.15, -0.1) is 0 Å². The lowest BCUT2D eigenvalue weighted by atomic mass is 10.1. The lowest BCUT2D eigenvalue weighted by molar-refractivity contribution is -0.145. The van der Waals surface area contributed by atoms with E-state index in [1.54, 1.807) is 36.4 Å². The van der Waals surface area contributed by atoms with Crippen LogP contribution < -0.4 is 5.32 Å². The molecule has 0 aromatic heterocycles. The molecule has 0 saturated carbocycles. The van der Waals surface area contributed by atoms with E-state index in [1.807, 2.05) is 0 Å². The summed E-state index contributed by atoms with van der Waals surface area (Å²) in [6.07, 6.45) is -0.971. The Hall–Kier alpha value is -2.37. The SMILES string of the molecule is C[C@H](OC(=O)CNC(=O)c1ccc(Cl)cc1)C(=O)c1ccc(Cl)cc1. The number of carbonyl (C=O) groups is 3. The van der Waals surface area contributed by atoms with Crippen LogP contribution in [0.4, 0.5) is 0 Å². The molecule has 2 aromatic carbocycles. The lowest BCUT2D eigenvalue weighted by Gasteiger charge is -2.13. The number of rotatable bonds is 6. The summed E-state index contributed by atoms with van der Waals surface area (Å²) in [5, 5.41) is 3.44. The van der Waals surface area contributed by atoms with E-state index in [0.29, 0.717) is 21.2 Å². The quantitative estimate of drug-likeness (QED) is 0.615. The van der Waals surface area contributed by atoms with Gasteiger partial charge >= 0.3 is 5.97 Å². The third-order valence-electron chi connectivity index (χ3n) is 3.31. The molecule has 2 rings (SSSR count). The van der Waals surface area contributed by atoms with Crippen LogP contribution in [0.5, 0.6) is 0 Å². The van der Waals surface area contributed by atoms with E-state index in [0.717, 1.165) is 0 Å². The first-order valence-corrected chi connectivity index (χ1v) is 8.15. The van der Waals surface area contributed by atoms with Crippen molar-refractivity contribution >= 4 is 40.9 Å². The molecule has 0 unspecified atom stereocenters. The van der Waals surface area contributed by atoms with Crippen molar-refractivity contribution in [1.82, 2.24) is 5.32 Å². The van der Waals surface area contributed by atoms with Crippen molar-refractivity contribution < 1.29 is 19.1 Å². The smallest absolute Gasteiger partial charge is 0.326 e. The van der Waals surface area contributed by atoms with Crippen LogP contribution in [0, 0.1) is 0 Å².